The van der Waals surface area contributed by atoms with E-state index < -0.39 is 17.7 Å². The third-order valence-corrected chi connectivity index (χ3v) is 10.5. The molecule has 0 radical (unpaired) electrons. The maximum atomic E-state index is 13.9. The van der Waals surface area contributed by atoms with Crippen LogP contribution in [0.3, 0.4) is 0 Å². The van der Waals surface area contributed by atoms with Gasteiger partial charge in [0.25, 0.3) is 5.78 Å². The van der Waals surface area contributed by atoms with Crippen molar-refractivity contribution < 1.29 is 24.2 Å². The number of amides is 1. The molecule has 2 heterocycles. The summed E-state index contributed by atoms with van der Waals surface area (Å²) >= 11 is 2.75. The van der Waals surface area contributed by atoms with Gasteiger partial charge in [-0.25, -0.2) is 0 Å². The minimum absolute atomic E-state index is 0.0208. The molecule has 10 heteroatoms. The summed E-state index contributed by atoms with van der Waals surface area (Å²) < 4.78 is 12.4. The largest absolute Gasteiger partial charge is 0.507 e. The van der Waals surface area contributed by atoms with Crippen LogP contribution in [0.25, 0.3) is 16.5 Å². The smallest absolute Gasteiger partial charge is 0.301 e. The number of fused-ring (bicyclic) bond motifs is 1. The zero-order chi connectivity index (χ0) is 33.8. The quantitative estimate of drug-likeness (QED) is 0.0349. The second kappa shape index (κ2) is 14.6. The maximum absolute atomic E-state index is 13.9. The van der Waals surface area contributed by atoms with E-state index in [4.69, 9.17) is 9.47 Å². The Balaban J connectivity index is 1.39. The number of Topliss-reactive ketones (excluding diaryl/α,β-unsaturated/α-hetero) is 1. The van der Waals surface area contributed by atoms with Crippen LogP contribution < -0.4 is 14.4 Å². The SMILES string of the molecule is CCCCCOc1ccc(C2/C(=C(\O)c3cc(C)ccc3C)C(=O)C(=O)N2c2nnc(SCc3cccc4ccccc34)s2)cc1OC. The number of benzene rings is 4. The molecular formula is C38H37N3O5S2. The fourth-order valence-electron chi connectivity index (χ4n) is 5.90. The van der Waals surface area contributed by atoms with Crippen molar-refractivity contribution in [3.8, 4) is 11.5 Å². The standard InChI is InChI=1S/C38H37N3O5S2/c1-5-6-9-19-46-30-18-17-26(21-31(30)45-4)33-32(34(42)29-20-23(2)15-16-24(29)3)35(43)36(44)41(33)37-39-40-38(48-37)47-22-27-13-10-12-25-11-7-8-14-28(25)27/h7-8,10-18,20-21,33,42H,5-6,9,19,22H2,1-4H3/b34-32+. The third-order valence-electron chi connectivity index (χ3n) is 8.43. The third kappa shape index (κ3) is 6.68. The Kier molecular flexibility index (Phi) is 10.1. The molecule has 246 valence electrons. The van der Waals surface area contributed by atoms with Gasteiger partial charge in [-0.1, -0.05) is 109 Å². The van der Waals surface area contributed by atoms with E-state index in [9.17, 15) is 14.7 Å². The van der Waals surface area contributed by atoms with Crippen molar-refractivity contribution in [1.82, 2.24) is 10.2 Å². The van der Waals surface area contributed by atoms with Gasteiger partial charge in [0.15, 0.2) is 15.8 Å². The van der Waals surface area contributed by atoms with Crippen LogP contribution in [0.15, 0.2) is 88.8 Å². The van der Waals surface area contributed by atoms with E-state index in [2.05, 4.69) is 41.4 Å². The zero-order valence-electron chi connectivity index (χ0n) is 27.4. The first-order valence-corrected chi connectivity index (χ1v) is 17.7. The molecule has 1 N–H and O–H groups in total. The van der Waals surface area contributed by atoms with Gasteiger partial charge in [-0.3, -0.25) is 14.5 Å². The molecule has 1 saturated heterocycles. The first-order valence-electron chi connectivity index (χ1n) is 15.9. The van der Waals surface area contributed by atoms with Crippen molar-refractivity contribution in [2.24, 2.45) is 0 Å². The molecule has 5 aromatic rings. The van der Waals surface area contributed by atoms with Gasteiger partial charge in [0.2, 0.25) is 5.13 Å². The lowest BCUT2D eigenvalue weighted by Crippen LogP contribution is -2.29. The molecule has 1 amide bonds. The number of methoxy groups -OCH3 is 1. The molecule has 48 heavy (non-hydrogen) atoms. The van der Waals surface area contributed by atoms with E-state index in [1.54, 1.807) is 25.3 Å². The van der Waals surface area contributed by atoms with Crippen molar-refractivity contribution in [1.29, 1.82) is 0 Å². The Morgan fingerprint density at radius 3 is 2.58 bits per heavy atom. The van der Waals surface area contributed by atoms with Crippen LogP contribution in [-0.4, -0.2) is 40.7 Å². The summed E-state index contributed by atoms with van der Waals surface area (Å²) in [6.07, 6.45) is 3.04. The molecule has 8 nitrogen and oxygen atoms in total. The summed E-state index contributed by atoms with van der Waals surface area (Å²) in [4.78, 5) is 29.0. The number of aliphatic hydroxyl groups is 1. The van der Waals surface area contributed by atoms with Gasteiger partial charge in [0.05, 0.1) is 25.3 Å². The van der Waals surface area contributed by atoms with Crippen LogP contribution in [0.4, 0.5) is 5.13 Å². The average molecular weight is 680 g/mol. The van der Waals surface area contributed by atoms with Crippen LogP contribution >= 0.6 is 23.1 Å². The number of rotatable bonds is 12. The number of hydrogen-bond donors (Lipinski definition) is 1. The molecule has 1 aliphatic rings. The number of ether oxygens (including phenoxy) is 2. The second-order valence-electron chi connectivity index (χ2n) is 11.7. The van der Waals surface area contributed by atoms with Gasteiger partial charge < -0.3 is 14.6 Å². The van der Waals surface area contributed by atoms with Gasteiger partial charge in [0, 0.05) is 11.3 Å². The van der Waals surface area contributed by atoms with Crippen LogP contribution in [0.1, 0.15) is 60.0 Å². The maximum Gasteiger partial charge on any atom is 0.301 e. The first-order chi connectivity index (χ1) is 23.3. The van der Waals surface area contributed by atoms with Crippen LogP contribution in [0.5, 0.6) is 11.5 Å². The van der Waals surface area contributed by atoms with Gasteiger partial charge >= 0.3 is 5.91 Å². The minimum atomic E-state index is -0.975. The Hall–Kier alpha value is -4.67. The molecule has 0 spiro atoms. The van der Waals surface area contributed by atoms with E-state index >= 15 is 0 Å². The second-order valence-corrected chi connectivity index (χ2v) is 13.9. The fraction of sp³-hybridized carbons (Fsp3) is 0.263. The van der Waals surface area contributed by atoms with E-state index in [-0.39, 0.29) is 16.5 Å². The van der Waals surface area contributed by atoms with Gasteiger partial charge in [-0.15, -0.1) is 10.2 Å². The number of nitrogens with zero attached hydrogens (tertiary/aromatic N) is 3. The fourth-order valence-corrected chi connectivity index (χ4v) is 7.78. The lowest BCUT2D eigenvalue weighted by atomic mass is 9.93. The number of aliphatic hydroxyl groups excluding tert-OH is 1. The predicted octanol–water partition coefficient (Wildman–Crippen LogP) is 8.80. The summed E-state index contributed by atoms with van der Waals surface area (Å²) in [6.45, 7) is 6.44. The molecule has 6 rings (SSSR count). The molecule has 1 aliphatic heterocycles. The van der Waals surface area contributed by atoms with Crippen LogP contribution in [0.2, 0.25) is 0 Å². The normalized spacial score (nSPS) is 15.8. The van der Waals surface area contributed by atoms with Crippen molar-refractivity contribution in [3.63, 3.8) is 0 Å². The topological polar surface area (TPSA) is 102 Å². The number of carbonyl (C=O) groups is 2. The lowest BCUT2D eigenvalue weighted by Gasteiger charge is -2.23. The van der Waals surface area contributed by atoms with Crippen molar-refractivity contribution >= 4 is 56.5 Å². The molecule has 0 saturated carbocycles. The molecular weight excluding hydrogens is 643 g/mol. The van der Waals surface area contributed by atoms with E-state index in [1.165, 1.54) is 33.4 Å². The average Bonchev–Trinajstić information content (AvgIpc) is 3.67. The molecule has 1 atom stereocenters. The number of anilines is 1. The Labute approximate surface area is 288 Å². The zero-order valence-corrected chi connectivity index (χ0v) is 29.0. The number of ketones is 1. The van der Waals surface area contributed by atoms with Crippen molar-refractivity contribution in [2.45, 2.75) is 56.2 Å². The monoisotopic (exact) mass is 679 g/mol. The summed E-state index contributed by atoms with van der Waals surface area (Å²) in [5.74, 6) is -0.139. The number of thioether (sulfide) groups is 1. The Morgan fingerprint density at radius 2 is 1.77 bits per heavy atom. The van der Waals surface area contributed by atoms with Crippen LogP contribution in [-0.2, 0) is 15.3 Å². The number of unbranched alkanes of at least 4 members (excludes halogenated alkanes) is 2. The van der Waals surface area contributed by atoms with Gasteiger partial charge in [-0.05, 0) is 65.9 Å². The lowest BCUT2D eigenvalue weighted by molar-refractivity contribution is -0.132. The highest BCUT2D eigenvalue weighted by Crippen LogP contribution is 2.46. The van der Waals surface area contributed by atoms with E-state index in [1.807, 2.05) is 50.2 Å². The number of aromatic nitrogens is 2. The highest BCUT2D eigenvalue weighted by atomic mass is 32.2. The predicted molar refractivity (Wildman–Crippen MR) is 192 cm³/mol. The first kappa shape index (κ1) is 33.2. The number of hydrogen-bond acceptors (Lipinski definition) is 9. The number of carbonyl (C=O) groups excluding carboxylic acids is 2. The van der Waals surface area contributed by atoms with Crippen molar-refractivity contribution in [2.75, 3.05) is 18.6 Å². The highest BCUT2D eigenvalue weighted by molar-refractivity contribution is 8.00. The summed E-state index contributed by atoms with van der Waals surface area (Å²) in [5, 5.41) is 23.1. The molecule has 1 unspecified atom stereocenters. The van der Waals surface area contributed by atoms with E-state index in [0.717, 1.165) is 41.3 Å². The summed E-state index contributed by atoms with van der Waals surface area (Å²) in [7, 11) is 1.55. The van der Waals surface area contributed by atoms with E-state index in [0.29, 0.717) is 39.3 Å². The number of aryl methyl sites for hydroxylation is 2. The van der Waals surface area contributed by atoms with Gasteiger partial charge in [-0.2, -0.15) is 0 Å². The molecule has 0 aliphatic carbocycles. The molecule has 1 fully saturated rings. The van der Waals surface area contributed by atoms with Crippen LogP contribution in [0, 0.1) is 13.8 Å². The highest BCUT2D eigenvalue weighted by Gasteiger charge is 2.48. The minimum Gasteiger partial charge on any atom is -0.507 e. The molecule has 1 aromatic heterocycles. The summed E-state index contributed by atoms with van der Waals surface area (Å²) in [5.41, 5.74) is 3.89. The van der Waals surface area contributed by atoms with Gasteiger partial charge in [0.1, 0.15) is 5.76 Å². The van der Waals surface area contributed by atoms with Crippen molar-refractivity contribution in [3.05, 3.63) is 112 Å². The molecule has 0 bridgehead atoms. The molecule has 4 aromatic carbocycles. The Morgan fingerprint density at radius 1 is 0.958 bits per heavy atom. The Bertz CT molecular complexity index is 2020. The summed E-state index contributed by atoms with van der Waals surface area (Å²) in [6, 6.07) is 24.4.